The first-order valence-corrected chi connectivity index (χ1v) is 10.3. The van der Waals surface area contributed by atoms with Crippen molar-refractivity contribution in [3.63, 3.8) is 0 Å². The highest BCUT2D eigenvalue weighted by molar-refractivity contribution is 5.98. The number of hydrogen-bond donors (Lipinski definition) is 0. The fraction of sp³-hybridized carbons (Fsp3) is 0.304. The van der Waals surface area contributed by atoms with Gasteiger partial charge in [0.05, 0.1) is 23.6 Å². The lowest BCUT2D eigenvalue weighted by Gasteiger charge is -2.23. The Balaban J connectivity index is 1.41. The molecule has 1 aliphatic heterocycles. The topological polar surface area (TPSA) is 80.6 Å². The summed E-state index contributed by atoms with van der Waals surface area (Å²) in [6, 6.07) is 15.2. The van der Waals surface area contributed by atoms with Gasteiger partial charge in [-0.3, -0.25) is 4.79 Å². The number of aromatic nitrogens is 3. The summed E-state index contributed by atoms with van der Waals surface area (Å²) in [5.74, 6) is -0.0875. The number of benzene rings is 2. The monoisotopic (exact) mass is 419 g/mol. The molecular weight excluding hydrogens is 394 g/mol. The summed E-state index contributed by atoms with van der Waals surface area (Å²) in [4.78, 5) is 30.7. The molecule has 0 N–H and O–H groups in total. The normalized spacial score (nSPS) is 14.2. The van der Waals surface area contributed by atoms with Gasteiger partial charge >= 0.3 is 6.09 Å². The van der Waals surface area contributed by atoms with E-state index in [0.717, 1.165) is 11.1 Å². The highest BCUT2D eigenvalue weighted by atomic mass is 16.6. The Morgan fingerprint density at radius 3 is 2.42 bits per heavy atom. The average Bonchev–Trinajstić information content (AvgIpc) is 3.21. The second kappa shape index (κ2) is 9.42. The van der Waals surface area contributed by atoms with E-state index in [9.17, 15) is 9.59 Å². The van der Waals surface area contributed by atoms with Gasteiger partial charge in [-0.1, -0.05) is 42.0 Å². The standard InChI is InChI=1S/C23H25N5O3/c1-18-8-9-21(28-24-10-11-25-28)20(16-18)22(29)26-12-5-13-27(15-14-26)23(30)31-17-19-6-3-2-4-7-19/h2-4,6-11,16H,5,12-15,17H2,1H3. The number of hydrogen-bond acceptors (Lipinski definition) is 5. The summed E-state index contributed by atoms with van der Waals surface area (Å²) < 4.78 is 5.45. The third-order valence-corrected chi connectivity index (χ3v) is 5.26. The van der Waals surface area contributed by atoms with Crippen molar-refractivity contribution >= 4 is 12.0 Å². The summed E-state index contributed by atoms with van der Waals surface area (Å²) in [7, 11) is 0. The molecule has 2 amide bonds. The molecule has 2 heterocycles. The number of carbonyl (C=O) groups excluding carboxylic acids is 2. The number of ether oxygens (including phenoxy) is 1. The van der Waals surface area contributed by atoms with Crippen molar-refractivity contribution in [3.05, 3.63) is 77.6 Å². The number of aryl methyl sites for hydroxylation is 1. The van der Waals surface area contributed by atoms with Crippen molar-refractivity contribution in [3.8, 4) is 5.69 Å². The maximum absolute atomic E-state index is 13.3. The number of carbonyl (C=O) groups is 2. The Kier molecular flexibility index (Phi) is 6.26. The molecule has 0 radical (unpaired) electrons. The lowest BCUT2D eigenvalue weighted by molar-refractivity contribution is 0.0748. The van der Waals surface area contributed by atoms with Crippen LogP contribution in [0.4, 0.5) is 4.79 Å². The molecule has 160 valence electrons. The van der Waals surface area contributed by atoms with E-state index >= 15 is 0 Å². The minimum absolute atomic E-state index is 0.0875. The van der Waals surface area contributed by atoms with Crippen molar-refractivity contribution in [2.45, 2.75) is 20.0 Å². The van der Waals surface area contributed by atoms with E-state index in [2.05, 4.69) is 10.2 Å². The van der Waals surface area contributed by atoms with Gasteiger partial charge in [0.15, 0.2) is 0 Å². The molecule has 4 rings (SSSR count). The predicted octanol–water partition coefficient (Wildman–Crippen LogP) is 3.06. The van der Waals surface area contributed by atoms with Crippen molar-refractivity contribution in [2.75, 3.05) is 26.2 Å². The first kappa shape index (κ1) is 20.6. The van der Waals surface area contributed by atoms with Crippen LogP contribution in [0.15, 0.2) is 60.9 Å². The molecule has 31 heavy (non-hydrogen) atoms. The van der Waals surface area contributed by atoms with Crippen LogP contribution in [0.2, 0.25) is 0 Å². The molecular formula is C23H25N5O3. The average molecular weight is 419 g/mol. The molecule has 0 saturated carbocycles. The quantitative estimate of drug-likeness (QED) is 0.649. The molecule has 2 aromatic carbocycles. The second-order valence-electron chi connectivity index (χ2n) is 7.51. The minimum Gasteiger partial charge on any atom is -0.445 e. The van der Waals surface area contributed by atoms with Crippen LogP contribution in [0.25, 0.3) is 5.69 Å². The summed E-state index contributed by atoms with van der Waals surface area (Å²) in [6.45, 7) is 4.19. The van der Waals surface area contributed by atoms with Crippen LogP contribution >= 0.6 is 0 Å². The van der Waals surface area contributed by atoms with E-state index in [1.807, 2.05) is 55.5 Å². The Bertz CT molecular complexity index is 1040. The maximum Gasteiger partial charge on any atom is 0.410 e. The zero-order valence-electron chi connectivity index (χ0n) is 17.5. The smallest absolute Gasteiger partial charge is 0.410 e. The molecule has 0 unspecified atom stereocenters. The Morgan fingerprint density at radius 1 is 0.935 bits per heavy atom. The fourth-order valence-electron chi connectivity index (χ4n) is 3.62. The second-order valence-corrected chi connectivity index (χ2v) is 7.51. The first-order valence-electron chi connectivity index (χ1n) is 10.3. The molecule has 1 saturated heterocycles. The minimum atomic E-state index is -0.352. The van der Waals surface area contributed by atoms with E-state index in [0.29, 0.717) is 43.9 Å². The Hall–Kier alpha value is -3.68. The van der Waals surface area contributed by atoms with Crippen LogP contribution in [0.3, 0.4) is 0 Å². The molecule has 0 spiro atoms. The van der Waals surface area contributed by atoms with Gasteiger partial charge in [-0.25, -0.2) is 4.79 Å². The molecule has 0 atom stereocenters. The van der Waals surface area contributed by atoms with E-state index in [1.165, 1.54) is 4.80 Å². The van der Waals surface area contributed by atoms with Gasteiger partial charge in [0.1, 0.15) is 6.61 Å². The summed E-state index contributed by atoms with van der Waals surface area (Å²) in [6.07, 6.45) is 3.50. The third kappa shape index (κ3) is 4.91. The SMILES string of the molecule is Cc1ccc(-n2nccn2)c(C(=O)N2CCCN(C(=O)OCc3ccccc3)CC2)c1. The lowest BCUT2D eigenvalue weighted by atomic mass is 10.1. The van der Waals surface area contributed by atoms with Gasteiger partial charge in [0.2, 0.25) is 0 Å². The van der Waals surface area contributed by atoms with Gasteiger partial charge in [-0.2, -0.15) is 15.0 Å². The third-order valence-electron chi connectivity index (χ3n) is 5.26. The fourth-order valence-corrected chi connectivity index (χ4v) is 3.62. The van der Waals surface area contributed by atoms with Crippen molar-refractivity contribution in [1.82, 2.24) is 24.8 Å². The zero-order chi connectivity index (χ0) is 21.6. The molecule has 3 aromatic rings. The van der Waals surface area contributed by atoms with Crippen molar-refractivity contribution in [1.29, 1.82) is 0 Å². The van der Waals surface area contributed by atoms with Crippen LogP contribution < -0.4 is 0 Å². The lowest BCUT2D eigenvalue weighted by Crippen LogP contribution is -2.38. The van der Waals surface area contributed by atoms with Crippen molar-refractivity contribution in [2.24, 2.45) is 0 Å². The number of rotatable bonds is 4. The van der Waals surface area contributed by atoms with Gasteiger partial charge in [0, 0.05) is 26.2 Å². The summed E-state index contributed by atoms with van der Waals surface area (Å²) in [5.41, 5.74) is 3.13. The van der Waals surface area contributed by atoms with Crippen LogP contribution in [0.5, 0.6) is 0 Å². The molecule has 8 nitrogen and oxygen atoms in total. The maximum atomic E-state index is 13.3. The highest BCUT2D eigenvalue weighted by Gasteiger charge is 2.25. The van der Waals surface area contributed by atoms with Crippen LogP contribution in [0.1, 0.15) is 27.9 Å². The predicted molar refractivity (Wildman–Crippen MR) is 115 cm³/mol. The van der Waals surface area contributed by atoms with E-state index in [-0.39, 0.29) is 18.6 Å². The van der Waals surface area contributed by atoms with Crippen LogP contribution in [-0.4, -0.2) is 63.0 Å². The first-order chi connectivity index (χ1) is 15.1. The van der Waals surface area contributed by atoms with E-state index in [1.54, 1.807) is 22.2 Å². The molecule has 1 fully saturated rings. The highest BCUT2D eigenvalue weighted by Crippen LogP contribution is 2.19. The Morgan fingerprint density at radius 2 is 1.65 bits per heavy atom. The Labute approximate surface area is 181 Å². The van der Waals surface area contributed by atoms with Crippen LogP contribution in [0, 0.1) is 6.92 Å². The number of nitrogens with zero attached hydrogens (tertiary/aromatic N) is 5. The van der Waals surface area contributed by atoms with E-state index < -0.39 is 0 Å². The largest absolute Gasteiger partial charge is 0.445 e. The van der Waals surface area contributed by atoms with Crippen LogP contribution in [-0.2, 0) is 11.3 Å². The molecule has 8 heteroatoms. The molecule has 0 bridgehead atoms. The van der Waals surface area contributed by atoms with Crippen molar-refractivity contribution < 1.29 is 14.3 Å². The molecule has 1 aliphatic rings. The number of amides is 2. The van der Waals surface area contributed by atoms with Gasteiger partial charge < -0.3 is 14.5 Å². The summed E-state index contributed by atoms with van der Waals surface area (Å²) >= 11 is 0. The summed E-state index contributed by atoms with van der Waals surface area (Å²) in [5, 5.41) is 8.34. The molecule has 1 aromatic heterocycles. The molecule has 0 aliphatic carbocycles. The van der Waals surface area contributed by atoms with Gasteiger partial charge in [-0.15, -0.1) is 0 Å². The van der Waals surface area contributed by atoms with E-state index in [4.69, 9.17) is 4.74 Å². The zero-order valence-corrected chi connectivity index (χ0v) is 17.5. The van der Waals surface area contributed by atoms with Gasteiger partial charge in [0.25, 0.3) is 5.91 Å². The van der Waals surface area contributed by atoms with Gasteiger partial charge in [-0.05, 0) is 31.0 Å².